The molecule has 0 aliphatic heterocycles. The first kappa shape index (κ1) is 17.7. The molecule has 0 saturated heterocycles. The molecule has 4 N–H and O–H groups in total. The number of hydrogen-bond donors (Lipinski definition) is 3. The summed E-state index contributed by atoms with van der Waals surface area (Å²) in [6.45, 7) is 4.99. The zero-order chi connectivity index (χ0) is 19.1. The van der Waals surface area contributed by atoms with Gasteiger partial charge in [0.05, 0.1) is 11.2 Å². The number of aromatic nitrogens is 2. The van der Waals surface area contributed by atoms with Gasteiger partial charge in [-0.1, -0.05) is 31.2 Å². The minimum atomic E-state index is -0.0793. The van der Waals surface area contributed by atoms with E-state index in [2.05, 4.69) is 46.5 Å². The number of rotatable bonds is 4. The van der Waals surface area contributed by atoms with E-state index in [-0.39, 0.29) is 5.56 Å². The van der Waals surface area contributed by atoms with Crippen LogP contribution in [0.25, 0.3) is 32.1 Å². The molecule has 138 valence electrons. The van der Waals surface area contributed by atoms with Crippen LogP contribution in [0.1, 0.15) is 24.1 Å². The van der Waals surface area contributed by atoms with Crippen LogP contribution in [0.3, 0.4) is 0 Å². The Morgan fingerprint density at radius 3 is 2.70 bits per heavy atom. The summed E-state index contributed by atoms with van der Waals surface area (Å²) < 4.78 is 0.716. The van der Waals surface area contributed by atoms with E-state index in [0.717, 1.165) is 39.7 Å². The second-order valence-electron chi connectivity index (χ2n) is 6.91. The third-order valence-corrected chi connectivity index (χ3v) is 5.98. The lowest BCUT2D eigenvalue weighted by atomic mass is 9.95. The monoisotopic (exact) mass is 378 g/mol. The molecular weight excluding hydrogens is 356 g/mol. The third kappa shape index (κ3) is 2.91. The molecule has 27 heavy (non-hydrogen) atoms. The summed E-state index contributed by atoms with van der Waals surface area (Å²) in [4.78, 5) is 19.9. The van der Waals surface area contributed by atoms with E-state index in [9.17, 15) is 4.79 Å². The first-order valence-corrected chi connectivity index (χ1v) is 9.83. The number of anilines is 1. The largest absolute Gasteiger partial charge is 0.383 e. The second kappa shape index (κ2) is 6.79. The number of nitrogen functional groups attached to an aromatic ring is 1. The number of nitrogens with zero attached hydrogens (tertiary/aromatic N) is 1. The van der Waals surface area contributed by atoms with Crippen LogP contribution in [-0.2, 0) is 0 Å². The Hall–Kier alpha value is -2.70. The molecule has 3 aromatic heterocycles. The normalized spacial score (nSPS) is 12.7. The van der Waals surface area contributed by atoms with Crippen molar-refractivity contribution in [2.24, 2.45) is 0 Å². The number of thiophene rings is 1. The molecule has 0 radical (unpaired) electrons. The fourth-order valence-corrected chi connectivity index (χ4v) is 4.49. The van der Waals surface area contributed by atoms with Crippen molar-refractivity contribution in [1.82, 2.24) is 15.3 Å². The number of likely N-dealkylation sites (N-methyl/N-ethyl adjacent to an activating group) is 1. The number of benzene rings is 1. The van der Waals surface area contributed by atoms with Gasteiger partial charge in [-0.05, 0) is 42.5 Å². The Bertz CT molecular complexity index is 1190. The van der Waals surface area contributed by atoms with Gasteiger partial charge in [0.2, 0.25) is 0 Å². The fourth-order valence-electron chi connectivity index (χ4n) is 3.70. The fraction of sp³-hybridized carbons (Fsp3) is 0.238. The van der Waals surface area contributed by atoms with Crippen LogP contribution < -0.4 is 16.6 Å². The van der Waals surface area contributed by atoms with E-state index in [1.165, 1.54) is 16.9 Å². The quantitative estimate of drug-likeness (QED) is 0.501. The summed E-state index contributed by atoms with van der Waals surface area (Å²) in [5, 5.41) is 7.05. The van der Waals surface area contributed by atoms with Gasteiger partial charge >= 0.3 is 0 Å². The molecule has 0 bridgehead atoms. The Balaban J connectivity index is 1.99. The molecule has 6 heteroatoms. The van der Waals surface area contributed by atoms with Gasteiger partial charge in [0.25, 0.3) is 5.56 Å². The van der Waals surface area contributed by atoms with Crippen molar-refractivity contribution in [3.05, 3.63) is 57.3 Å². The SMILES string of the molecule is CNC[C@H](C)c1ccc(-c2c(N)nc(C)c3[nH]c(=O)c4sccc4c23)cc1. The lowest BCUT2D eigenvalue weighted by molar-refractivity contribution is 0.678. The number of hydrogen-bond acceptors (Lipinski definition) is 5. The Kier molecular flexibility index (Phi) is 4.45. The highest BCUT2D eigenvalue weighted by Gasteiger charge is 2.17. The molecule has 5 nitrogen and oxygen atoms in total. The van der Waals surface area contributed by atoms with Gasteiger partial charge in [-0.15, -0.1) is 11.3 Å². The predicted octanol–water partition coefficient (Wildman–Crippen LogP) is 4.02. The second-order valence-corrected chi connectivity index (χ2v) is 7.82. The van der Waals surface area contributed by atoms with Gasteiger partial charge in [0.1, 0.15) is 10.5 Å². The average molecular weight is 379 g/mol. The zero-order valence-electron chi connectivity index (χ0n) is 15.6. The molecule has 4 rings (SSSR count). The van der Waals surface area contributed by atoms with Crippen molar-refractivity contribution < 1.29 is 0 Å². The van der Waals surface area contributed by atoms with Crippen LogP contribution in [-0.4, -0.2) is 23.6 Å². The van der Waals surface area contributed by atoms with E-state index in [0.29, 0.717) is 16.4 Å². The van der Waals surface area contributed by atoms with Crippen LogP contribution >= 0.6 is 11.3 Å². The summed E-state index contributed by atoms with van der Waals surface area (Å²) in [6.07, 6.45) is 0. The summed E-state index contributed by atoms with van der Waals surface area (Å²) in [6, 6.07) is 10.4. The maximum absolute atomic E-state index is 12.4. The number of fused-ring (bicyclic) bond motifs is 3. The summed E-state index contributed by atoms with van der Waals surface area (Å²) in [5.74, 6) is 0.907. The molecule has 0 aliphatic carbocycles. The van der Waals surface area contributed by atoms with E-state index in [1.807, 2.05) is 25.4 Å². The standard InChI is InChI=1S/C21H22N4OS/c1-11(10-23-3)13-4-6-14(7-5-13)16-17-15-8-9-27-19(15)21(26)25-18(17)12(2)24-20(16)22/h4-9,11,23H,10H2,1-3H3,(H2,22,24)(H,25,26)/t11-/m0/s1. The Morgan fingerprint density at radius 2 is 2.00 bits per heavy atom. The number of nitrogens with two attached hydrogens (primary N) is 1. The summed E-state index contributed by atoms with van der Waals surface area (Å²) >= 11 is 1.44. The molecule has 0 aliphatic rings. The molecule has 0 spiro atoms. The lowest BCUT2D eigenvalue weighted by Gasteiger charge is -2.15. The molecule has 1 aromatic carbocycles. The van der Waals surface area contributed by atoms with Crippen LogP contribution in [0.4, 0.5) is 5.82 Å². The average Bonchev–Trinajstić information content (AvgIpc) is 3.14. The predicted molar refractivity (Wildman–Crippen MR) is 115 cm³/mol. The molecule has 0 fully saturated rings. The first-order chi connectivity index (χ1) is 13.0. The van der Waals surface area contributed by atoms with Crippen molar-refractivity contribution in [2.75, 3.05) is 19.3 Å². The van der Waals surface area contributed by atoms with Crippen molar-refractivity contribution in [3.63, 3.8) is 0 Å². The van der Waals surface area contributed by atoms with Crippen molar-refractivity contribution >= 4 is 38.1 Å². The van der Waals surface area contributed by atoms with Gasteiger partial charge < -0.3 is 16.0 Å². The minimum absolute atomic E-state index is 0.0793. The topological polar surface area (TPSA) is 83.8 Å². The van der Waals surface area contributed by atoms with E-state index < -0.39 is 0 Å². The first-order valence-electron chi connectivity index (χ1n) is 8.95. The molecule has 0 saturated carbocycles. The number of aromatic amines is 1. The van der Waals surface area contributed by atoms with Crippen molar-refractivity contribution in [3.8, 4) is 11.1 Å². The molecule has 1 atom stereocenters. The van der Waals surface area contributed by atoms with E-state index in [1.54, 1.807) is 0 Å². The highest BCUT2D eigenvalue weighted by molar-refractivity contribution is 7.17. The van der Waals surface area contributed by atoms with Crippen molar-refractivity contribution in [1.29, 1.82) is 0 Å². The number of pyridine rings is 2. The van der Waals surface area contributed by atoms with E-state index >= 15 is 0 Å². The summed E-state index contributed by atoms with van der Waals surface area (Å²) in [7, 11) is 1.96. The highest BCUT2D eigenvalue weighted by Crippen LogP contribution is 2.38. The Morgan fingerprint density at radius 1 is 1.26 bits per heavy atom. The zero-order valence-corrected chi connectivity index (χ0v) is 16.4. The van der Waals surface area contributed by atoms with Crippen LogP contribution in [0.15, 0.2) is 40.5 Å². The van der Waals surface area contributed by atoms with Gasteiger partial charge in [-0.3, -0.25) is 4.79 Å². The smallest absolute Gasteiger partial charge is 0.266 e. The number of H-pyrrole nitrogens is 1. The number of aryl methyl sites for hydroxylation is 1. The van der Waals surface area contributed by atoms with Crippen LogP contribution in [0, 0.1) is 6.92 Å². The molecular formula is C21H22N4OS. The van der Waals surface area contributed by atoms with E-state index in [4.69, 9.17) is 5.73 Å². The van der Waals surface area contributed by atoms with Crippen LogP contribution in [0.2, 0.25) is 0 Å². The van der Waals surface area contributed by atoms with Crippen LogP contribution in [0.5, 0.6) is 0 Å². The van der Waals surface area contributed by atoms with Crippen molar-refractivity contribution in [2.45, 2.75) is 19.8 Å². The Labute approximate surface area is 161 Å². The molecule has 3 heterocycles. The minimum Gasteiger partial charge on any atom is -0.383 e. The van der Waals surface area contributed by atoms with Gasteiger partial charge in [-0.25, -0.2) is 4.98 Å². The molecule has 0 amide bonds. The molecule has 0 unspecified atom stereocenters. The highest BCUT2D eigenvalue weighted by atomic mass is 32.1. The summed E-state index contributed by atoms with van der Waals surface area (Å²) in [5.41, 5.74) is 10.9. The maximum Gasteiger partial charge on any atom is 0.266 e. The van der Waals surface area contributed by atoms with Gasteiger partial charge in [0, 0.05) is 22.9 Å². The number of nitrogens with one attached hydrogen (secondary N) is 2. The van der Waals surface area contributed by atoms with Gasteiger partial charge in [-0.2, -0.15) is 0 Å². The maximum atomic E-state index is 12.4. The lowest BCUT2D eigenvalue weighted by Crippen LogP contribution is -2.14. The molecule has 4 aromatic rings. The van der Waals surface area contributed by atoms with Gasteiger partial charge in [0.15, 0.2) is 0 Å². The third-order valence-electron chi connectivity index (χ3n) is 5.06.